The number of imidazole rings is 1. The van der Waals surface area contributed by atoms with Crippen LogP contribution in [0.3, 0.4) is 0 Å². The summed E-state index contributed by atoms with van der Waals surface area (Å²) in [5.41, 5.74) is 7.90. The van der Waals surface area contributed by atoms with E-state index in [0.29, 0.717) is 17.6 Å². The molecule has 1 saturated heterocycles. The third-order valence-corrected chi connectivity index (χ3v) is 4.19. The van der Waals surface area contributed by atoms with Crippen molar-refractivity contribution in [2.24, 2.45) is 5.73 Å². The van der Waals surface area contributed by atoms with Gasteiger partial charge >= 0.3 is 0 Å². The van der Waals surface area contributed by atoms with Gasteiger partial charge in [-0.05, 0) is 45.0 Å². The van der Waals surface area contributed by atoms with Crippen molar-refractivity contribution in [3.8, 4) is 0 Å². The quantitative estimate of drug-likeness (QED) is 0.878. The van der Waals surface area contributed by atoms with Crippen molar-refractivity contribution in [1.82, 2.24) is 14.5 Å². The highest BCUT2D eigenvalue weighted by molar-refractivity contribution is 7.80. The number of likely N-dealkylation sites (tertiary alicyclic amines) is 1. The predicted molar refractivity (Wildman–Crippen MR) is 85.7 cm³/mol. The van der Waals surface area contributed by atoms with Gasteiger partial charge in [-0.2, -0.15) is 0 Å². The van der Waals surface area contributed by atoms with Crippen LogP contribution >= 0.6 is 12.2 Å². The van der Waals surface area contributed by atoms with Gasteiger partial charge < -0.3 is 10.3 Å². The molecule has 1 aliphatic rings. The molecule has 2 aromatic rings. The lowest BCUT2D eigenvalue weighted by molar-refractivity contribution is 0.250. The van der Waals surface area contributed by atoms with E-state index in [9.17, 15) is 0 Å². The average molecular weight is 288 g/mol. The van der Waals surface area contributed by atoms with Crippen LogP contribution in [0.5, 0.6) is 0 Å². The second-order valence-electron chi connectivity index (χ2n) is 5.43. The standard InChI is InChI=1S/C15H20N4S/c1-11(18-8-4-5-9-18)15-17-12-6-2-3-7-13(12)19(15)10-14(16)20/h2-3,6-7,11H,4-5,8-10H2,1H3,(H2,16,20). The number of nitrogens with two attached hydrogens (primary N) is 1. The Kier molecular flexibility index (Phi) is 3.72. The van der Waals surface area contributed by atoms with Crippen LogP contribution in [-0.4, -0.2) is 32.5 Å². The molecule has 1 unspecified atom stereocenters. The summed E-state index contributed by atoms with van der Waals surface area (Å²) in [7, 11) is 0. The molecule has 4 nitrogen and oxygen atoms in total. The van der Waals surface area contributed by atoms with Gasteiger partial charge in [0.25, 0.3) is 0 Å². The Hall–Kier alpha value is -1.46. The molecule has 1 atom stereocenters. The third kappa shape index (κ3) is 2.43. The minimum Gasteiger partial charge on any atom is -0.392 e. The SMILES string of the molecule is CC(c1nc2ccccc2n1CC(N)=S)N1CCCC1. The van der Waals surface area contributed by atoms with Gasteiger partial charge in [0.2, 0.25) is 0 Å². The van der Waals surface area contributed by atoms with Gasteiger partial charge in [-0.25, -0.2) is 4.98 Å². The van der Waals surface area contributed by atoms with Crippen molar-refractivity contribution in [1.29, 1.82) is 0 Å². The van der Waals surface area contributed by atoms with Crippen LogP contribution in [0.2, 0.25) is 0 Å². The van der Waals surface area contributed by atoms with Crippen LogP contribution in [0.1, 0.15) is 31.6 Å². The van der Waals surface area contributed by atoms with Gasteiger partial charge in [-0.3, -0.25) is 4.90 Å². The highest BCUT2D eigenvalue weighted by Crippen LogP contribution is 2.27. The average Bonchev–Trinajstić information content (AvgIpc) is 3.06. The summed E-state index contributed by atoms with van der Waals surface area (Å²) >= 11 is 5.10. The minimum absolute atomic E-state index is 0.305. The smallest absolute Gasteiger partial charge is 0.127 e. The van der Waals surface area contributed by atoms with Gasteiger partial charge in [-0.1, -0.05) is 24.4 Å². The molecule has 20 heavy (non-hydrogen) atoms. The summed E-state index contributed by atoms with van der Waals surface area (Å²) in [4.78, 5) is 7.80. The second-order valence-corrected chi connectivity index (χ2v) is 5.95. The number of nitrogens with zero attached hydrogens (tertiary/aromatic N) is 3. The zero-order valence-electron chi connectivity index (χ0n) is 11.7. The molecule has 1 fully saturated rings. The summed E-state index contributed by atoms with van der Waals surface area (Å²) in [5, 5.41) is 0. The van der Waals surface area contributed by atoms with Gasteiger partial charge in [0.1, 0.15) is 5.82 Å². The number of para-hydroxylation sites is 2. The molecule has 0 aliphatic carbocycles. The predicted octanol–water partition coefficient (Wildman–Crippen LogP) is 2.48. The lowest BCUT2D eigenvalue weighted by Crippen LogP contribution is -2.27. The molecule has 0 amide bonds. The number of thiocarbonyl (C=S) groups is 1. The molecular weight excluding hydrogens is 268 g/mol. The Morgan fingerprint density at radius 2 is 2.05 bits per heavy atom. The highest BCUT2D eigenvalue weighted by Gasteiger charge is 2.24. The van der Waals surface area contributed by atoms with Gasteiger partial charge in [0, 0.05) is 0 Å². The fraction of sp³-hybridized carbons (Fsp3) is 0.467. The van der Waals surface area contributed by atoms with E-state index in [2.05, 4.69) is 22.5 Å². The van der Waals surface area contributed by atoms with E-state index in [1.54, 1.807) is 0 Å². The third-order valence-electron chi connectivity index (χ3n) is 4.06. The fourth-order valence-electron chi connectivity index (χ4n) is 3.03. The van der Waals surface area contributed by atoms with Crippen LogP contribution in [0.25, 0.3) is 11.0 Å². The summed E-state index contributed by atoms with van der Waals surface area (Å²) < 4.78 is 2.17. The summed E-state index contributed by atoms with van der Waals surface area (Å²) in [5.74, 6) is 1.07. The maximum Gasteiger partial charge on any atom is 0.127 e. The first-order valence-corrected chi connectivity index (χ1v) is 7.55. The first-order valence-electron chi connectivity index (χ1n) is 7.14. The molecule has 1 aromatic heterocycles. The van der Waals surface area contributed by atoms with Crippen LogP contribution in [-0.2, 0) is 6.54 Å². The maximum absolute atomic E-state index is 5.77. The van der Waals surface area contributed by atoms with Crippen molar-refractivity contribution >= 4 is 28.2 Å². The Labute approximate surface area is 124 Å². The van der Waals surface area contributed by atoms with Crippen molar-refractivity contribution in [3.63, 3.8) is 0 Å². The van der Waals surface area contributed by atoms with Crippen molar-refractivity contribution in [2.45, 2.75) is 32.4 Å². The fourth-order valence-corrected chi connectivity index (χ4v) is 3.16. The molecule has 0 radical (unpaired) electrons. The molecule has 3 rings (SSSR count). The number of rotatable bonds is 4. The Morgan fingerprint density at radius 3 is 2.75 bits per heavy atom. The Morgan fingerprint density at radius 1 is 1.35 bits per heavy atom. The number of benzene rings is 1. The molecule has 2 heterocycles. The molecule has 0 bridgehead atoms. The highest BCUT2D eigenvalue weighted by atomic mass is 32.1. The van der Waals surface area contributed by atoms with E-state index in [1.807, 2.05) is 18.2 Å². The molecule has 1 aliphatic heterocycles. The van der Waals surface area contributed by atoms with Crippen LogP contribution in [0.4, 0.5) is 0 Å². The zero-order valence-corrected chi connectivity index (χ0v) is 12.6. The van der Waals surface area contributed by atoms with Crippen LogP contribution in [0.15, 0.2) is 24.3 Å². The van der Waals surface area contributed by atoms with Crippen molar-refractivity contribution in [3.05, 3.63) is 30.1 Å². The topological polar surface area (TPSA) is 47.1 Å². The first-order chi connectivity index (χ1) is 9.66. The maximum atomic E-state index is 5.77. The minimum atomic E-state index is 0.305. The number of hydrogen-bond donors (Lipinski definition) is 1. The van der Waals surface area contributed by atoms with Crippen molar-refractivity contribution in [2.75, 3.05) is 13.1 Å². The molecule has 0 spiro atoms. The number of aromatic nitrogens is 2. The lowest BCUT2D eigenvalue weighted by atomic mass is 10.2. The van der Waals surface area contributed by atoms with E-state index in [1.165, 1.54) is 12.8 Å². The second kappa shape index (κ2) is 5.50. The molecule has 2 N–H and O–H groups in total. The molecule has 5 heteroatoms. The van der Waals surface area contributed by atoms with E-state index < -0.39 is 0 Å². The van der Waals surface area contributed by atoms with E-state index in [0.717, 1.165) is 29.9 Å². The molecular formula is C15H20N4S. The summed E-state index contributed by atoms with van der Waals surface area (Å²) in [6.45, 7) is 5.08. The largest absolute Gasteiger partial charge is 0.392 e. The van der Waals surface area contributed by atoms with Crippen LogP contribution < -0.4 is 5.73 Å². The monoisotopic (exact) mass is 288 g/mol. The lowest BCUT2D eigenvalue weighted by Gasteiger charge is -2.24. The number of hydrogen-bond acceptors (Lipinski definition) is 3. The molecule has 0 saturated carbocycles. The van der Waals surface area contributed by atoms with Crippen molar-refractivity contribution < 1.29 is 0 Å². The summed E-state index contributed by atoms with van der Waals surface area (Å²) in [6, 6.07) is 8.49. The van der Waals surface area contributed by atoms with Gasteiger partial charge in [0.05, 0.1) is 28.6 Å². The number of fused-ring (bicyclic) bond motifs is 1. The normalized spacial score (nSPS) is 17.6. The Balaban J connectivity index is 2.05. The summed E-state index contributed by atoms with van der Waals surface area (Å²) in [6.07, 6.45) is 2.56. The van der Waals surface area contributed by atoms with Crippen LogP contribution in [0, 0.1) is 0 Å². The zero-order chi connectivity index (χ0) is 14.1. The Bertz CT molecular complexity index is 628. The van der Waals surface area contributed by atoms with Gasteiger partial charge in [0.15, 0.2) is 0 Å². The molecule has 1 aromatic carbocycles. The molecule has 106 valence electrons. The van der Waals surface area contributed by atoms with E-state index in [4.69, 9.17) is 22.9 Å². The first kappa shape index (κ1) is 13.5. The van der Waals surface area contributed by atoms with E-state index in [-0.39, 0.29) is 0 Å². The van der Waals surface area contributed by atoms with Gasteiger partial charge in [-0.15, -0.1) is 0 Å². The van der Waals surface area contributed by atoms with E-state index >= 15 is 0 Å².